The first-order chi connectivity index (χ1) is 14.3. The zero-order valence-electron chi connectivity index (χ0n) is 20.5. The van der Waals surface area contributed by atoms with Gasteiger partial charge < -0.3 is 19.5 Å². The molecule has 178 valence electrons. The maximum Gasteiger partial charge on any atom is 0.411 e. The van der Waals surface area contributed by atoms with Crippen molar-refractivity contribution in [2.24, 2.45) is 5.92 Å². The number of carbonyl (C=O) groups is 3. The van der Waals surface area contributed by atoms with Crippen LogP contribution in [0.5, 0.6) is 0 Å². The van der Waals surface area contributed by atoms with E-state index in [0.29, 0.717) is 12.8 Å². The van der Waals surface area contributed by atoms with Gasteiger partial charge in [0.1, 0.15) is 11.6 Å². The van der Waals surface area contributed by atoms with Crippen molar-refractivity contribution in [2.75, 3.05) is 14.2 Å². The lowest BCUT2D eigenvalue weighted by Crippen LogP contribution is -2.64. The number of allylic oxidation sites excluding steroid dienone is 1. The van der Waals surface area contributed by atoms with Crippen LogP contribution in [0, 0.1) is 5.92 Å². The molecule has 1 aliphatic rings. The number of rotatable bonds is 8. The van der Waals surface area contributed by atoms with E-state index < -0.39 is 41.4 Å². The number of likely N-dealkylation sites (tertiary alicyclic amines) is 1. The first-order valence-corrected chi connectivity index (χ1v) is 10.9. The number of esters is 1. The number of carbonyl (C=O) groups excluding carboxylic acids is 3. The van der Waals surface area contributed by atoms with Crippen molar-refractivity contribution in [2.45, 2.75) is 97.1 Å². The number of nitrogens with one attached hydrogen (secondary N) is 1. The molecule has 8 nitrogen and oxygen atoms in total. The summed E-state index contributed by atoms with van der Waals surface area (Å²) in [6, 6.07) is -1.96. The molecular weight excluding hydrogens is 400 g/mol. The van der Waals surface area contributed by atoms with E-state index >= 15 is 0 Å². The molecule has 1 N–H and O–H groups in total. The Morgan fingerprint density at radius 2 is 1.81 bits per heavy atom. The Morgan fingerprint density at radius 3 is 2.23 bits per heavy atom. The molecule has 0 bridgehead atoms. The van der Waals surface area contributed by atoms with Crippen LogP contribution in [0.3, 0.4) is 0 Å². The minimum atomic E-state index is -0.829. The average molecular weight is 441 g/mol. The van der Waals surface area contributed by atoms with Crippen molar-refractivity contribution >= 4 is 18.0 Å². The standard InChI is InChI=1S/C23H40N2O6/c1-10-12-16-14-17(20(27)29-8)25(21(28)31-22(4,5)6)18(16)19(24-15(3)26)23(7,30-9)13-11-2/h10,12,16-19H,11,13-14H2,1-9H3,(H,24,26)/b12-10-/t16-,17+,18-,19-,23+/m1/s1. The number of hydrogen-bond donors (Lipinski definition) is 1. The third-order valence-electron chi connectivity index (χ3n) is 5.68. The fourth-order valence-corrected chi connectivity index (χ4v) is 4.38. The second kappa shape index (κ2) is 11.0. The lowest BCUT2D eigenvalue weighted by atomic mass is 9.81. The van der Waals surface area contributed by atoms with Gasteiger partial charge in [0.15, 0.2) is 0 Å². The summed E-state index contributed by atoms with van der Waals surface area (Å²) in [7, 11) is 2.90. The molecule has 1 heterocycles. The van der Waals surface area contributed by atoms with Crippen LogP contribution in [-0.4, -0.2) is 66.4 Å². The number of ether oxygens (including phenoxy) is 3. The fourth-order valence-electron chi connectivity index (χ4n) is 4.38. The minimum absolute atomic E-state index is 0.204. The molecule has 1 fully saturated rings. The second-order valence-corrected chi connectivity index (χ2v) is 9.29. The lowest BCUT2D eigenvalue weighted by molar-refractivity contribution is -0.147. The van der Waals surface area contributed by atoms with E-state index in [1.807, 2.05) is 32.9 Å². The molecule has 0 aromatic rings. The summed E-state index contributed by atoms with van der Waals surface area (Å²) in [4.78, 5) is 39.6. The van der Waals surface area contributed by atoms with E-state index in [0.717, 1.165) is 6.42 Å². The van der Waals surface area contributed by atoms with E-state index in [9.17, 15) is 14.4 Å². The number of hydrogen-bond acceptors (Lipinski definition) is 6. The number of nitrogens with zero attached hydrogens (tertiary/aromatic N) is 1. The highest BCUT2D eigenvalue weighted by Crippen LogP contribution is 2.39. The Hall–Kier alpha value is -2.09. The van der Waals surface area contributed by atoms with Gasteiger partial charge in [-0.2, -0.15) is 0 Å². The van der Waals surface area contributed by atoms with Gasteiger partial charge in [-0.1, -0.05) is 25.5 Å². The highest BCUT2D eigenvalue weighted by Gasteiger charge is 2.55. The van der Waals surface area contributed by atoms with Gasteiger partial charge in [0.05, 0.1) is 24.8 Å². The van der Waals surface area contributed by atoms with Gasteiger partial charge in [0, 0.05) is 20.0 Å². The van der Waals surface area contributed by atoms with Crippen molar-refractivity contribution in [3.8, 4) is 0 Å². The van der Waals surface area contributed by atoms with Gasteiger partial charge in [-0.25, -0.2) is 9.59 Å². The van der Waals surface area contributed by atoms with Crippen molar-refractivity contribution in [1.82, 2.24) is 10.2 Å². The summed E-state index contributed by atoms with van der Waals surface area (Å²) in [5.41, 5.74) is -1.52. The quantitative estimate of drug-likeness (QED) is 0.459. The average Bonchev–Trinajstić information content (AvgIpc) is 3.03. The zero-order valence-corrected chi connectivity index (χ0v) is 20.5. The lowest BCUT2D eigenvalue weighted by Gasteiger charge is -2.45. The van der Waals surface area contributed by atoms with E-state index in [1.165, 1.54) is 18.9 Å². The van der Waals surface area contributed by atoms with Crippen LogP contribution < -0.4 is 5.32 Å². The number of amides is 2. The second-order valence-electron chi connectivity index (χ2n) is 9.29. The minimum Gasteiger partial charge on any atom is -0.467 e. The number of methoxy groups -OCH3 is 2. The summed E-state index contributed by atoms with van der Waals surface area (Å²) in [6.45, 7) is 12.6. The third-order valence-corrected chi connectivity index (χ3v) is 5.68. The van der Waals surface area contributed by atoms with Crippen molar-refractivity contribution < 1.29 is 28.6 Å². The van der Waals surface area contributed by atoms with Crippen molar-refractivity contribution in [3.05, 3.63) is 12.2 Å². The third kappa shape index (κ3) is 6.69. The molecule has 1 saturated heterocycles. The molecule has 1 rings (SSSR count). The molecule has 1 aliphatic heterocycles. The molecule has 0 aromatic carbocycles. The molecule has 8 heteroatoms. The predicted molar refractivity (Wildman–Crippen MR) is 119 cm³/mol. The summed E-state index contributed by atoms with van der Waals surface area (Å²) < 4.78 is 16.6. The Balaban J connectivity index is 3.66. The van der Waals surface area contributed by atoms with Gasteiger partial charge in [0.2, 0.25) is 5.91 Å². The maximum absolute atomic E-state index is 13.3. The summed E-state index contributed by atoms with van der Waals surface area (Å²) >= 11 is 0. The topological polar surface area (TPSA) is 94.2 Å². The Labute approximate surface area is 186 Å². The van der Waals surface area contributed by atoms with Gasteiger partial charge in [-0.15, -0.1) is 0 Å². The van der Waals surface area contributed by atoms with Crippen LogP contribution in [0.2, 0.25) is 0 Å². The normalized spacial score (nSPS) is 24.5. The fraction of sp³-hybridized carbons (Fsp3) is 0.783. The first kappa shape index (κ1) is 26.9. The predicted octanol–water partition coefficient (Wildman–Crippen LogP) is 3.44. The van der Waals surface area contributed by atoms with Crippen LogP contribution in [0.4, 0.5) is 4.79 Å². The van der Waals surface area contributed by atoms with Gasteiger partial charge in [0.25, 0.3) is 0 Å². The summed E-state index contributed by atoms with van der Waals surface area (Å²) in [5.74, 6) is -0.960. The molecule has 5 atom stereocenters. The molecule has 0 radical (unpaired) electrons. The van der Waals surface area contributed by atoms with Gasteiger partial charge in [-0.3, -0.25) is 9.69 Å². The van der Waals surface area contributed by atoms with Crippen LogP contribution in [0.25, 0.3) is 0 Å². The van der Waals surface area contributed by atoms with Gasteiger partial charge >= 0.3 is 12.1 Å². The molecule has 0 spiro atoms. The van der Waals surface area contributed by atoms with Gasteiger partial charge in [-0.05, 0) is 47.5 Å². The largest absolute Gasteiger partial charge is 0.467 e. The first-order valence-electron chi connectivity index (χ1n) is 10.9. The zero-order chi connectivity index (χ0) is 24.0. The molecule has 31 heavy (non-hydrogen) atoms. The van der Waals surface area contributed by atoms with Crippen molar-refractivity contribution in [1.29, 1.82) is 0 Å². The Bertz CT molecular complexity index is 671. The van der Waals surface area contributed by atoms with Crippen LogP contribution >= 0.6 is 0 Å². The summed E-state index contributed by atoms with van der Waals surface area (Å²) in [6.07, 6.45) is 5.06. The highest BCUT2D eigenvalue weighted by atomic mass is 16.6. The van der Waals surface area contributed by atoms with E-state index in [-0.39, 0.29) is 11.8 Å². The monoisotopic (exact) mass is 440 g/mol. The molecule has 2 amide bonds. The summed E-state index contributed by atoms with van der Waals surface area (Å²) in [5, 5.41) is 3.01. The van der Waals surface area contributed by atoms with E-state index in [4.69, 9.17) is 14.2 Å². The smallest absolute Gasteiger partial charge is 0.411 e. The van der Waals surface area contributed by atoms with E-state index in [1.54, 1.807) is 27.9 Å². The molecular formula is C23H40N2O6. The van der Waals surface area contributed by atoms with Crippen LogP contribution in [0.1, 0.15) is 67.7 Å². The Kier molecular flexibility index (Phi) is 9.54. The van der Waals surface area contributed by atoms with Crippen molar-refractivity contribution in [3.63, 3.8) is 0 Å². The van der Waals surface area contributed by atoms with E-state index in [2.05, 4.69) is 5.32 Å². The van der Waals surface area contributed by atoms with Crippen LogP contribution in [0.15, 0.2) is 12.2 Å². The molecule has 0 saturated carbocycles. The Morgan fingerprint density at radius 1 is 1.19 bits per heavy atom. The molecule has 0 aliphatic carbocycles. The molecule has 0 aromatic heterocycles. The SMILES string of the molecule is C/C=C\[C@@H]1C[C@@H](C(=O)OC)N(C(=O)OC(C)(C)C)[C@H]1[C@@H](NC(C)=O)[C@](C)(CCC)OC. The maximum atomic E-state index is 13.3. The molecule has 0 unspecified atom stereocenters. The highest BCUT2D eigenvalue weighted by molar-refractivity contribution is 5.83. The van der Waals surface area contributed by atoms with Crippen LogP contribution in [-0.2, 0) is 23.8 Å².